The fourth-order valence-electron chi connectivity index (χ4n) is 2.53. The molecule has 0 saturated carbocycles. The third kappa shape index (κ3) is 5.11. The Morgan fingerprint density at radius 1 is 1.22 bits per heavy atom. The molecule has 0 atom stereocenters. The van der Waals surface area contributed by atoms with Crippen molar-refractivity contribution in [2.24, 2.45) is 7.05 Å². The molecule has 8 heteroatoms. The summed E-state index contributed by atoms with van der Waals surface area (Å²) >= 11 is 4.70. The van der Waals surface area contributed by atoms with Crippen LogP contribution in [0.3, 0.4) is 0 Å². The molecule has 0 bridgehead atoms. The monoisotopic (exact) mass is 446 g/mol. The maximum Gasteiger partial charge on any atom is 0.230 e. The zero-order valence-electron chi connectivity index (χ0n) is 14.7. The summed E-state index contributed by atoms with van der Waals surface area (Å²) in [6, 6.07) is 15.2. The molecule has 0 radical (unpaired) electrons. The van der Waals surface area contributed by atoms with Crippen molar-refractivity contribution in [1.82, 2.24) is 20.1 Å². The van der Waals surface area contributed by atoms with Gasteiger partial charge in [-0.3, -0.25) is 4.79 Å². The predicted molar refractivity (Wildman–Crippen MR) is 110 cm³/mol. The SMILES string of the molecule is Cn1c(SCC(=O)NCCc2ccccc2)nnc1-c1cc(Br)ccc1O. The predicted octanol–water partition coefficient (Wildman–Crippen LogP) is 3.40. The average Bonchev–Trinajstić information content (AvgIpc) is 3.03. The summed E-state index contributed by atoms with van der Waals surface area (Å²) in [6.07, 6.45) is 0.799. The van der Waals surface area contributed by atoms with Crippen LogP contribution in [0.1, 0.15) is 5.56 Å². The summed E-state index contributed by atoms with van der Waals surface area (Å²) in [5.41, 5.74) is 1.77. The molecule has 0 saturated heterocycles. The van der Waals surface area contributed by atoms with Gasteiger partial charge < -0.3 is 15.0 Å². The molecule has 0 unspecified atom stereocenters. The number of nitrogens with one attached hydrogen (secondary N) is 1. The van der Waals surface area contributed by atoms with Crippen molar-refractivity contribution in [3.63, 3.8) is 0 Å². The van der Waals surface area contributed by atoms with Crippen molar-refractivity contribution in [2.45, 2.75) is 11.6 Å². The highest BCUT2D eigenvalue weighted by molar-refractivity contribution is 9.10. The minimum atomic E-state index is -0.0502. The highest BCUT2D eigenvalue weighted by Crippen LogP contribution is 2.31. The highest BCUT2D eigenvalue weighted by atomic mass is 79.9. The van der Waals surface area contributed by atoms with E-state index >= 15 is 0 Å². The van der Waals surface area contributed by atoms with Crippen molar-refractivity contribution in [1.29, 1.82) is 0 Å². The fourth-order valence-corrected chi connectivity index (χ4v) is 3.64. The highest BCUT2D eigenvalue weighted by Gasteiger charge is 2.15. The average molecular weight is 447 g/mol. The molecule has 6 nitrogen and oxygen atoms in total. The first-order valence-corrected chi connectivity index (χ1v) is 10.1. The summed E-state index contributed by atoms with van der Waals surface area (Å²) in [7, 11) is 1.81. The number of thioether (sulfide) groups is 1. The van der Waals surface area contributed by atoms with Gasteiger partial charge in [0.25, 0.3) is 0 Å². The van der Waals surface area contributed by atoms with Crippen LogP contribution < -0.4 is 5.32 Å². The molecule has 2 N–H and O–H groups in total. The Balaban J connectivity index is 1.55. The van der Waals surface area contributed by atoms with E-state index in [1.54, 1.807) is 22.8 Å². The second-order valence-electron chi connectivity index (χ2n) is 5.90. The molecule has 3 rings (SSSR count). The lowest BCUT2D eigenvalue weighted by atomic mass is 10.1. The number of benzene rings is 2. The molecule has 0 aliphatic rings. The van der Waals surface area contributed by atoms with Crippen molar-refractivity contribution < 1.29 is 9.90 Å². The lowest BCUT2D eigenvalue weighted by Crippen LogP contribution is -2.27. The van der Waals surface area contributed by atoms with E-state index in [1.807, 2.05) is 37.4 Å². The molecular weight excluding hydrogens is 428 g/mol. The van der Waals surface area contributed by atoms with Crippen LogP contribution in [0.15, 0.2) is 58.2 Å². The van der Waals surface area contributed by atoms with Crippen LogP contribution in [0.2, 0.25) is 0 Å². The van der Waals surface area contributed by atoms with Gasteiger partial charge in [0.15, 0.2) is 11.0 Å². The molecule has 27 heavy (non-hydrogen) atoms. The van der Waals surface area contributed by atoms with Crippen LogP contribution in [0.5, 0.6) is 5.75 Å². The second-order valence-corrected chi connectivity index (χ2v) is 7.76. The first-order valence-electron chi connectivity index (χ1n) is 8.36. The summed E-state index contributed by atoms with van der Waals surface area (Å²) in [6.45, 7) is 0.597. The van der Waals surface area contributed by atoms with Gasteiger partial charge >= 0.3 is 0 Å². The zero-order chi connectivity index (χ0) is 19.2. The third-order valence-corrected chi connectivity index (χ3v) is 5.46. The Labute approximate surface area is 170 Å². The standard InChI is InChI=1S/C19H19BrN4O2S/c1-24-18(15-11-14(20)7-8-16(15)25)22-23-19(24)27-12-17(26)21-10-9-13-5-3-2-4-6-13/h2-8,11,25H,9-10,12H2,1H3,(H,21,26). The number of rotatable bonds is 7. The Kier molecular flexibility index (Phi) is 6.52. The van der Waals surface area contributed by atoms with E-state index in [0.29, 0.717) is 23.1 Å². The number of phenolic OH excluding ortho intramolecular Hbond substituents is 1. The van der Waals surface area contributed by atoms with E-state index in [1.165, 1.54) is 17.3 Å². The van der Waals surface area contributed by atoms with Gasteiger partial charge in [-0.2, -0.15) is 0 Å². The molecule has 140 valence electrons. The van der Waals surface area contributed by atoms with E-state index < -0.39 is 0 Å². The minimum absolute atomic E-state index is 0.0502. The van der Waals surface area contributed by atoms with Crippen molar-refractivity contribution in [3.05, 3.63) is 58.6 Å². The van der Waals surface area contributed by atoms with Gasteiger partial charge in [-0.15, -0.1) is 10.2 Å². The molecule has 1 aromatic heterocycles. The normalized spacial score (nSPS) is 10.7. The lowest BCUT2D eigenvalue weighted by molar-refractivity contribution is -0.118. The molecule has 0 aliphatic heterocycles. The maximum absolute atomic E-state index is 12.1. The van der Waals surface area contributed by atoms with Crippen LogP contribution in [0.25, 0.3) is 11.4 Å². The van der Waals surface area contributed by atoms with Crippen molar-refractivity contribution in [2.75, 3.05) is 12.3 Å². The number of amides is 1. The van der Waals surface area contributed by atoms with Crippen LogP contribution in [0, 0.1) is 0 Å². The summed E-state index contributed by atoms with van der Waals surface area (Å²) in [5.74, 6) is 0.876. The quantitative estimate of drug-likeness (QED) is 0.543. The van der Waals surface area contributed by atoms with Crippen molar-refractivity contribution >= 4 is 33.6 Å². The summed E-state index contributed by atoms with van der Waals surface area (Å²) in [4.78, 5) is 12.1. The number of halogens is 1. The molecule has 0 spiro atoms. The summed E-state index contributed by atoms with van der Waals surface area (Å²) in [5, 5.41) is 21.9. The lowest BCUT2D eigenvalue weighted by Gasteiger charge is -2.07. The van der Waals surface area contributed by atoms with Gasteiger partial charge in [0.1, 0.15) is 5.75 Å². The number of aromatic hydroxyl groups is 1. The topological polar surface area (TPSA) is 80.0 Å². The zero-order valence-corrected chi connectivity index (χ0v) is 17.1. The largest absolute Gasteiger partial charge is 0.507 e. The molecule has 0 aliphatic carbocycles. The smallest absolute Gasteiger partial charge is 0.230 e. The molecule has 3 aromatic rings. The number of aromatic nitrogens is 3. The number of hydrogen-bond donors (Lipinski definition) is 2. The van der Waals surface area contributed by atoms with Crippen LogP contribution in [0.4, 0.5) is 0 Å². The fraction of sp³-hybridized carbons (Fsp3) is 0.211. The van der Waals surface area contributed by atoms with E-state index in [0.717, 1.165) is 10.9 Å². The first-order chi connectivity index (χ1) is 13.0. The Bertz CT molecular complexity index is 931. The minimum Gasteiger partial charge on any atom is -0.507 e. The molecular formula is C19H19BrN4O2S. The molecule has 0 fully saturated rings. The Hall–Kier alpha value is -2.32. The second kappa shape index (κ2) is 9.05. The van der Waals surface area contributed by atoms with Gasteiger partial charge in [-0.25, -0.2) is 0 Å². The molecule has 1 amide bonds. The Morgan fingerprint density at radius 2 is 2.00 bits per heavy atom. The van der Waals surface area contributed by atoms with Crippen LogP contribution in [-0.2, 0) is 18.3 Å². The first kappa shape index (κ1) is 19.4. The van der Waals surface area contributed by atoms with E-state index in [9.17, 15) is 9.90 Å². The number of carbonyl (C=O) groups is 1. The van der Waals surface area contributed by atoms with Gasteiger partial charge in [0.05, 0.1) is 11.3 Å². The van der Waals surface area contributed by atoms with Gasteiger partial charge in [-0.05, 0) is 30.2 Å². The number of nitrogens with zero attached hydrogens (tertiary/aromatic N) is 3. The van der Waals surface area contributed by atoms with Gasteiger partial charge in [-0.1, -0.05) is 58.0 Å². The van der Waals surface area contributed by atoms with Crippen molar-refractivity contribution in [3.8, 4) is 17.1 Å². The number of phenols is 1. The van der Waals surface area contributed by atoms with Gasteiger partial charge in [0.2, 0.25) is 5.91 Å². The van der Waals surface area contributed by atoms with Gasteiger partial charge in [0, 0.05) is 18.1 Å². The van der Waals surface area contributed by atoms with E-state index in [4.69, 9.17) is 0 Å². The van der Waals surface area contributed by atoms with E-state index in [2.05, 4.69) is 31.4 Å². The summed E-state index contributed by atoms with van der Waals surface area (Å²) < 4.78 is 2.61. The van der Waals surface area contributed by atoms with Crippen LogP contribution in [-0.4, -0.2) is 38.1 Å². The Morgan fingerprint density at radius 3 is 2.78 bits per heavy atom. The molecule has 2 aromatic carbocycles. The molecule has 1 heterocycles. The number of carbonyl (C=O) groups excluding carboxylic acids is 1. The van der Waals surface area contributed by atoms with Crippen LogP contribution >= 0.6 is 27.7 Å². The van der Waals surface area contributed by atoms with E-state index in [-0.39, 0.29) is 17.4 Å². The third-order valence-electron chi connectivity index (χ3n) is 3.95. The number of hydrogen-bond acceptors (Lipinski definition) is 5. The maximum atomic E-state index is 12.1.